The van der Waals surface area contributed by atoms with Crippen LogP contribution in [0.3, 0.4) is 0 Å². The molecular weight excluding hydrogens is 284 g/mol. The van der Waals surface area contributed by atoms with Gasteiger partial charge in [0.1, 0.15) is 5.60 Å². The number of likely N-dealkylation sites (tertiary alicyclic amines) is 1. The van der Waals surface area contributed by atoms with E-state index in [1.807, 2.05) is 26.8 Å². The minimum Gasteiger partial charge on any atom is -0.444 e. The third-order valence-electron chi connectivity index (χ3n) is 3.10. The second-order valence-electron chi connectivity index (χ2n) is 6.23. The summed E-state index contributed by atoms with van der Waals surface area (Å²) in [5, 5.41) is 13.2. The van der Waals surface area contributed by atoms with Crippen LogP contribution in [-0.2, 0) is 11.3 Å². The number of aliphatic imine (C=N–C) groups is 1. The Labute approximate surface area is 130 Å². The Balaban J connectivity index is 1.70. The topological polar surface area (TPSA) is 94.6 Å². The zero-order chi connectivity index (χ0) is 16.2. The lowest BCUT2D eigenvalue weighted by atomic mass is 10.1. The van der Waals surface area contributed by atoms with Crippen molar-refractivity contribution in [3.8, 4) is 0 Å². The van der Waals surface area contributed by atoms with Crippen LogP contribution in [-0.4, -0.2) is 58.9 Å². The normalized spacial score (nSPS) is 16.2. The van der Waals surface area contributed by atoms with Gasteiger partial charge in [-0.2, -0.15) is 5.10 Å². The molecule has 1 aromatic rings. The van der Waals surface area contributed by atoms with E-state index in [1.54, 1.807) is 18.1 Å². The lowest BCUT2D eigenvalue weighted by Crippen LogP contribution is -2.63. The quantitative estimate of drug-likeness (QED) is 0.564. The van der Waals surface area contributed by atoms with Gasteiger partial charge >= 0.3 is 6.09 Å². The molecule has 122 valence electrons. The predicted octanol–water partition coefficient (Wildman–Crippen LogP) is 0.694. The Kier molecular flexibility index (Phi) is 4.89. The van der Waals surface area contributed by atoms with Gasteiger partial charge in [-0.15, -0.1) is 0 Å². The van der Waals surface area contributed by atoms with Crippen LogP contribution in [0.4, 0.5) is 4.79 Å². The van der Waals surface area contributed by atoms with Gasteiger partial charge in [-0.25, -0.2) is 4.79 Å². The van der Waals surface area contributed by atoms with Crippen molar-refractivity contribution in [2.24, 2.45) is 4.99 Å². The lowest BCUT2D eigenvalue weighted by molar-refractivity contribution is 0.00701. The number of nitrogens with one attached hydrogen (secondary N) is 3. The van der Waals surface area contributed by atoms with Crippen LogP contribution in [0.25, 0.3) is 0 Å². The van der Waals surface area contributed by atoms with Gasteiger partial charge in [-0.05, 0) is 26.8 Å². The molecule has 0 aliphatic carbocycles. The second kappa shape index (κ2) is 6.67. The van der Waals surface area contributed by atoms with Crippen LogP contribution in [0.2, 0.25) is 0 Å². The number of aromatic nitrogens is 2. The van der Waals surface area contributed by atoms with E-state index < -0.39 is 5.60 Å². The number of guanidine groups is 1. The highest BCUT2D eigenvalue weighted by Crippen LogP contribution is 2.15. The van der Waals surface area contributed by atoms with Crippen LogP contribution in [0.15, 0.2) is 17.3 Å². The maximum absolute atomic E-state index is 11.8. The van der Waals surface area contributed by atoms with Gasteiger partial charge < -0.3 is 20.3 Å². The maximum atomic E-state index is 11.8. The molecule has 3 N–H and O–H groups in total. The van der Waals surface area contributed by atoms with E-state index in [1.165, 1.54) is 0 Å². The van der Waals surface area contributed by atoms with Crippen LogP contribution < -0.4 is 10.6 Å². The summed E-state index contributed by atoms with van der Waals surface area (Å²) in [7, 11) is 1.71. The number of rotatable bonds is 3. The van der Waals surface area contributed by atoms with Crippen molar-refractivity contribution in [3.63, 3.8) is 0 Å². The van der Waals surface area contributed by atoms with E-state index in [0.29, 0.717) is 25.6 Å². The smallest absolute Gasteiger partial charge is 0.410 e. The maximum Gasteiger partial charge on any atom is 0.410 e. The third-order valence-corrected chi connectivity index (χ3v) is 3.10. The molecule has 2 rings (SSSR count). The molecule has 0 atom stereocenters. The zero-order valence-electron chi connectivity index (χ0n) is 13.5. The van der Waals surface area contributed by atoms with Crippen molar-refractivity contribution in [2.45, 2.75) is 39.0 Å². The number of hydrogen-bond donors (Lipinski definition) is 3. The molecule has 1 fully saturated rings. The molecule has 0 unspecified atom stereocenters. The van der Waals surface area contributed by atoms with Crippen molar-refractivity contribution >= 4 is 12.1 Å². The number of ether oxygens (including phenoxy) is 1. The number of H-pyrrole nitrogens is 1. The molecule has 1 aromatic heterocycles. The number of aromatic amines is 1. The van der Waals surface area contributed by atoms with Gasteiger partial charge in [0.15, 0.2) is 5.96 Å². The van der Waals surface area contributed by atoms with Crippen LogP contribution in [0, 0.1) is 0 Å². The van der Waals surface area contributed by atoms with Crippen molar-refractivity contribution in [3.05, 3.63) is 18.0 Å². The summed E-state index contributed by atoms with van der Waals surface area (Å²) in [4.78, 5) is 17.7. The molecule has 2 heterocycles. The molecule has 0 spiro atoms. The highest BCUT2D eigenvalue weighted by Gasteiger charge is 2.34. The van der Waals surface area contributed by atoms with Gasteiger partial charge in [0.05, 0.1) is 18.3 Å². The summed E-state index contributed by atoms with van der Waals surface area (Å²) in [6.07, 6.45) is 1.43. The molecule has 0 saturated carbocycles. The average Bonchev–Trinajstić information content (AvgIpc) is 2.87. The molecular formula is C14H24N6O2. The Morgan fingerprint density at radius 1 is 1.55 bits per heavy atom. The van der Waals surface area contributed by atoms with Gasteiger partial charge in [-0.3, -0.25) is 10.1 Å². The summed E-state index contributed by atoms with van der Waals surface area (Å²) in [6, 6.07) is 2.08. The van der Waals surface area contributed by atoms with E-state index in [-0.39, 0.29) is 12.1 Å². The first kappa shape index (κ1) is 16.1. The Morgan fingerprint density at radius 2 is 2.27 bits per heavy atom. The fourth-order valence-electron chi connectivity index (χ4n) is 2.00. The number of carbonyl (C=O) groups is 1. The minimum atomic E-state index is -0.461. The molecule has 0 aromatic carbocycles. The first-order valence-electron chi connectivity index (χ1n) is 7.31. The van der Waals surface area contributed by atoms with Crippen LogP contribution in [0.1, 0.15) is 26.5 Å². The standard InChI is InChI=1S/C14H24N6O2/c1-14(2,3)22-13(21)20-8-11(9-20)18-12(15-4)16-7-10-5-6-17-19-10/h5-6,11H,7-9H2,1-4H3,(H,17,19)(H2,15,16,18). The van der Waals surface area contributed by atoms with Crippen molar-refractivity contribution in [2.75, 3.05) is 20.1 Å². The predicted molar refractivity (Wildman–Crippen MR) is 83.5 cm³/mol. The minimum absolute atomic E-state index is 0.181. The molecule has 0 radical (unpaired) electrons. The SMILES string of the molecule is CN=C(NCc1ccn[nH]1)NC1CN(C(=O)OC(C)(C)C)C1. The van der Waals surface area contributed by atoms with Crippen molar-refractivity contribution < 1.29 is 9.53 Å². The summed E-state index contributed by atoms with van der Waals surface area (Å²) in [5.41, 5.74) is 0.518. The first-order valence-corrected chi connectivity index (χ1v) is 7.31. The average molecular weight is 308 g/mol. The number of amides is 1. The summed E-state index contributed by atoms with van der Waals surface area (Å²) in [5.74, 6) is 0.698. The van der Waals surface area contributed by atoms with E-state index >= 15 is 0 Å². The van der Waals surface area contributed by atoms with Gasteiger partial charge in [0, 0.05) is 26.3 Å². The summed E-state index contributed by atoms with van der Waals surface area (Å²) < 4.78 is 5.32. The molecule has 1 aliphatic rings. The highest BCUT2D eigenvalue weighted by molar-refractivity contribution is 5.80. The van der Waals surface area contributed by atoms with E-state index in [9.17, 15) is 4.79 Å². The number of nitrogens with zero attached hydrogens (tertiary/aromatic N) is 3. The van der Waals surface area contributed by atoms with Gasteiger partial charge in [0.25, 0.3) is 0 Å². The Hall–Kier alpha value is -2.25. The second-order valence-corrected chi connectivity index (χ2v) is 6.23. The Morgan fingerprint density at radius 3 is 2.82 bits per heavy atom. The number of carbonyl (C=O) groups excluding carboxylic acids is 1. The highest BCUT2D eigenvalue weighted by atomic mass is 16.6. The van der Waals surface area contributed by atoms with Crippen molar-refractivity contribution in [1.29, 1.82) is 0 Å². The third kappa shape index (κ3) is 4.64. The fourth-order valence-corrected chi connectivity index (χ4v) is 2.00. The monoisotopic (exact) mass is 308 g/mol. The molecule has 22 heavy (non-hydrogen) atoms. The molecule has 8 nitrogen and oxygen atoms in total. The van der Waals surface area contributed by atoms with E-state index in [0.717, 1.165) is 5.69 Å². The Bertz CT molecular complexity index is 514. The molecule has 1 amide bonds. The zero-order valence-corrected chi connectivity index (χ0v) is 13.5. The summed E-state index contributed by atoms with van der Waals surface area (Å²) >= 11 is 0. The van der Waals surface area contributed by atoms with Crippen LogP contribution >= 0.6 is 0 Å². The van der Waals surface area contributed by atoms with Gasteiger partial charge in [0.2, 0.25) is 0 Å². The molecule has 8 heteroatoms. The fraction of sp³-hybridized carbons (Fsp3) is 0.643. The molecule has 1 saturated heterocycles. The summed E-state index contributed by atoms with van der Waals surface area (Å²) in [6.45, 7) is 7.42. The largest absolute Gasteiger partial charge is 0.444 e. The molecule has 0 bridgehead atoms. The van der Waals surface area contributed by atoms with Crippen LogP contribution in [0.5, 0.6) is 0 Å². The van der Waals surface area contributed by atoms with Gasteiger partial charge in [-0.1, -0.05) is 0 Å². The lowest BCUT2D eigenvalue weighted by Gasteiger charge is -2.40. The molecule has 1 aliphatic heterocycles. The van der Waals surface area contributed by atoms with E-state index in [2.05, 4.69) is 25.8 Å². The first-order chi connectivity index (χ1) is 10.4. The number of hydrogen-bond acceptors (Lipinski definition) is 4. The van der Waals surface area contributed by atoms with E-state index in [4.69, 9.17) is 4.74 Å². The van der Waals surface area contributed by atoms with Crippen molar-refractivity contribution in [1.82, 2.24) is 25.7 Å².